The van der Waals surface area contributed by atoms with Crippen molar-refractivity contribution in [3.8, 4) is 0 Å². The average Bonchev–Trinajstić information content (AvgIpc) is 2.42. The van der Waals surface area contributed by atoms with E-state index in [9.17, 15) is 4.79 Å². The molecule has 0 aromatic heterocycles. The number of hydrogen-bond donors (Lipinski definition) is 2. The van der Waals surface area contributed by atoms with Crippen LogP contribution in [0.15, 0.2) is 24.3 Å². The molecule has 1 aromatic rings. The fourth-order valence-corrected chi connectivity index (χ4v) is 1.77. The van der Waals surface area contributed by atoms with Crippen molar-refractivity contribution >= 4 is 11.7 Å². The lowest BCUT2D eigenvalue weighted by Gasteiger charge is -2.12. The highest BCUT2D eigenvalue weighted by atomic mass is 16.5. The molecule has 0 fully saturated rings. The molecule has 0 radical (unpaired) electrons. The summed E-state index contributed by atoms with van der Waals surface area (Å²) < 4.78 is 5.56. The third-order valence-corrected chi connectivity index (χ3v) is 3.09. The maximum absolute atomic E-state index is 10.5. The lowest BCUT2D eigenvalue weighted by Crippen LogP contribution is -2.29. The first-order valence-electron chi connectivity index (χ1n) is 6.83. The second-order valence-electron chi connectivity index (χ2n) is 5.05. The minimum absolute atomic E-state index is 0.496. The Bertz CT molecular complexity index is 404. The molecule has 0 spiro atoms. The molecule has 0 aliphatic carbocycles. The van der Waals surface area contributed by atoms with E-state index in [0.717, 1.165) is 24.1 Å². The molecule has 0 aliphatic rings. The van der Waals surface area contributed by atoms with Gasteiger partial charge in [0.15, 0.2) is 0 Å². The molecule has 0 saturated heterocycles. The number of ether oxygens (including phenoxy) is 1. The van der Waals surface area contributed by atoms with Gasteiger partial charge in [-0.1, -0.05) is 12.1 Å². The Hall–Kier alpha value is -1.59. The fraction of sp³-hybridized carbons (Fsp3) is 0.533. The standard InChI is InChI=1S/C15H24N2O3/c1-17(2)13-8-6-12(7-9-13)11-20-10-4-3-5-14(16)15(18)19/h6-9,14H,3-5,10-11,16H2,1-2H3,(H,18,19)/t14-/m0/s1. The van der Waals surface area contributed by atoms with Crippen molar-refractivity contribution in [1.29, 1.82) is 0 Å². The Morgan fingerprint density at radius 3 is 2.50 bits per heavy atom. The zero-order valence-corrected chi connectivity index (χ0v) is 12.2. The molecule has 5 nitrogen and oxygen atoms in total. The molecule has 20 heavy (non-hydrogen) atoms. The van der Waals surface area contributed by atoms with Gasteiger partial charge in [0.2, 0.25) is 0 Å². The molecule has 1 aromatic carbocycles. The maximum Gasteiger partial charge on any atom is 0.320 e. The zero-order chi connectivity index (χ0) is 15.0. The topological polar surface area (TPSA) is 75.8 Å². The third kappa shape index (κ3) is 6.04. The summed E-state index contributed by atoms with van der Waals surface area (Å²) in [6, 6.07) is 7.47. The number of rotatable bonds is 9. The zero-order valence-electron chi connectivity index (χ0n) is 12.2. The smallest absolute Gasteiger partial charge is 0.320 e. The quantitative estimate of drug-likeness (QED) is 0.675. The fourth-order valence-electron chi connectivity index (χ4n) is 1.77. The van der Waals surface area contributed by atoms with Gasteiger partial charge in [0.05, 0.1) is 6.61 Å². The van der Waals surface area contributed by atoms with E-state index in [0.29, 0.717) is 19.6 Å². The van der Waals surface area contributed by atoms with Crippen LogP contribution in [0.4, 0.5) is 5.69 Å². The van der Waals surface area contributed by atoms with Crippen LogP contribution in [0.5, 0.6) is 0 Å². The van der Waals surface area contributed by atoms with Gasteiger partial charge in [0, 0.05) is 26.4 Å². The van der Waals surface area contributed by atoms with E-state index in [1.165, 1.54) is 0 Å². The van der Waals surface area contributed by atoms with Crippen molar-refractivity contribution in [1.82, 2.24) is 0 Å². The van der Waals surface area contributed by atoms with Crippen LogP contribution in [0.3, 0.4) is 0 Å². The molecule has 0 amide bonds. The van der Waals surface area contributed by atoms with E-state index in [4.69, 9.17) is 15.6 Å². The van der Waals surface area contributed by atoms with E-state index < -0.39 is 12.0 Å². The molecule has 112 valence electrons. The summed E-state index contributed by atoms with van der Waals surface area (Å²) in [5, 5.41) is 8.64. The van der Waals surface area contributed by atoms with Gasteiger partial charge < -0.3 is 20.5 Å². The summed E-state index contributed by atoms with van der Waals surface area (Å²) in [7, 11) is 4.01. The van der Waals surface area contributed by atoms with Crippen LogP contribution in [-0.4, -0.2) is 37.8 Å². The Kier molecular flexibility index (Phi) is 7.04. The van der Waals surface area contributed by atoms with Gasteiger partial charge in [-0.05, 0) is 37.0 Å². The molecule has 0 unspecified atom stereocenters. The van der Waals surface area contributed by atoms with Gasteiger partial charge >= 0.3 is 5.97 Å². The molecule has 0 bridgehead atoms. The summed E-state index contributed by atoms with van der Waals surface area (Å²) in [6.45, 7) is 1.21. The normalized spacial score (nSPS) is 12.2. The molecule has 1 atom stereocenters. The number of unbranched alkanes of at least 4 members (excludes halogenated alkanes) is 1. The largest absolute Gasteiger partial charge is 0.480 e. The number of nitrogens with zero attached hydrogens (tertiary/aromatic N) is 1. The minimum atomic E-state index is -0.938. The first kappa shape index (κ1) is 16.5. The predicted octanol–water partition coefficient (Wildman–Crippen LogP) is 1.85. The molecule has 3 N–H and O–H groups in total. The highest BCUT2D eigenvalue weighted by Gasteiger charge is 2.09. The number of aliphatic carboxylic acids is 1. The molecule has 5 heteroatoms. The number of nitrogens with two attached hydrogens (primary N) is 1. The van der Waals surface area contributed by atoms with Gasteiger partial charge in [-0.25, -0.2) is 0 Å². The van der Waals surface area contributed by atoms with Crippen LogP contribution in [0.1, 0.15) is 24.8 Å². The van der Waals surface area contributed by atoms with Gasteiger partial charge in [-0.3, -0.25) is 4.79 Å². The molecule has 1 rings (SSSR count). The summed E-state index contributed by atoms with van der Waals surface area (Å²) >= 11 is 0. The van der Waals surface area contributed by atoms with Crippen molar-refractivity contribution in [2.75, 3.05) is 25.6 Å². The number of carboxylic acids is 1. The van der Waals surface area contributed by atoms with Gasteiger partial charge in [-0.2, -0.15) is 0 Å². The predicted molar refractivity (Wildman–Crippen MR) is 79.9 cm³/mol. The van der Waals surface area contributed by atoms with Crippen LogP contribution in [0.25, 0.3) is 0 Å². The van der Waals surface area contributed by atoms with Crippen molar-refractivity contribution in [2.45, 2.75) is 31.9 Å². The molecular weight excluding hydrogens is 256 g/mol. The summed E-state index contributed by atoms with van der Waals surface area (Å²) in [4.78, 5) is 12.6. The Morgan fingerprint density at radius 2 is 1.95 bits per heavy atom. The van der Waals surface area contributed by atoms with E-state index in [2.05, 4.69) is 29.2 Å². The van der Waals surface area contributed by atoms with E-state index in [1.54, 1.807) is 0 Å². The molecular formula is C15H24N2O3. The Labute approximate surface area is 120 Å². The average molecular weight is 280 g/mol. The van der Waals surface area contributed by atoms with E-state index >= 15 is 0 Å². The molecule has 0 heterocycles. The van der Waals surface area contributed by atoms with Crippen LogP contribution in [-0.2, 0) is 16.1 Å². The first-order chi connectivity index (χ1) is 9.50. The van der Waals surface area contributed by atoms with Gasteiger partial charge in [0.25, 0.3) is 0 Å². The monoisotopic (exact) mass is 280 g/mol. The second-order valence-corrected chi connectivity index (χ2v) is 5.05. The SMILES string of the molecule is CN(C)c1ccc(COCCCC[C@H](N)C(=O)O)cc1. The Morgan fingerprint density at radius 1 is 1.30 bits per heavy atom. The molecule has 0 saturated carbocycles. The van der Waals surface area contributed by atoms with Crippen molar-refractivity contribution in [3.05, 3.63) is 29.8 Å². The van der Waals surface area contributed by atoms with Crippen molar-refractivity contribution < 1.29 is 14.6 Å². The highest BCUT2D eigenvalue weighted by molar-refractivity contribution is 5.72. The minimum Gasteiger partial charge on any atom is -0.480 e. The molecule has 0 aliphatic heterocycles. The van der Waals surface area contributed by atoms with Crippen LogP contribution in [0.2, 0.25) is 0 Å². The summed E-state index contributed by atoms with van der Waals surface area (Å²) in [5.41, 5.74) is 7.72. The van der Waals surface area contributed by atoms with E-state index in [-0.39, 0.29) is 0 Å². The van der Waals surface area contributed by atoms with Gasteiger partial charge in [0.1, 0.15) is 6.04 Å². The number of hydrogen-bond acceptors (Lipinski definition) is 4. The van der Waals surface area contributed by atoms with Gasteiger partial charge in [-0.15, -0.1) is 0 Å². The number of benzene rings is 1. The third-order valence-electron chi connectivity index (χ3n) is 3.09. The number of anilines is 1. The van der Waals surface area contributed by atoms with Crippen LogP contribution < -0.4 is 10.6 Å². The van der Waals surface area contributed by atoms with Crippen LogP contribution >= 0.6 is 0 Å². The van der Waals surface area contributed by atoms with E-state index in [1.807, 2.05) is 14.1 Å². The first-order valence-corrected chi connectivity index (χ1v) is 6.83. The lowest BCUT2D eigenvalue weighted by molar-refractivity contribution is -0.138. The number of carbonyl (C=O) groups is 1. The van der Waals surface area contributed by atoms with Crippen LogP contribution in [0, 0.1) is 0 Å². The lowest BCUT2D eigenvalue weighted by atomic mass is 10.1. The highest BCUT2D eigenvalue weighted by Crippen LogP contribution is 2.13. The number of carboxylic acid groups (broad SMARTS) is 1. The summed E-state index contributed by atoms with van der Waals surface area (Å²) in [6.07, 6.45) is 2.10. The van der Waals surface area contributed by atoms with Crippen molar-refractivity contribution in [3.63, 3.8) is 0 Å². The second kappa shape index (κ2) is 8.55. The Balaban J connectivity index is 2.13. The van der Waals surface area contributed by atoms with Crippen molar-refractivity contribution in [2.24, 2.45) is 5.73 Å². The summed E-state index contributed by atoms with van der Waals surface area (Å²) in [5.74, 6) is -0.938. The maximum atomic E-state index is 10.5.